The minimum Gasteiger partial charge on any atom is -0.335 e. The summed E-state index contributed by atoms with van der Waals surface area (Å²) in [6.07, 6.45) is 8.13. The first-order valence-electron chi connectivity index (χ1n) is 6.70. The van der Waals surface area contributed by atoms with E-state index < -0.39 is 5.82 Å². The van der Waals surface area contributed by atoms with E-state index in [-0.39, 0.29) is 17.5 Å². The summed E-state index contributed by atoms with van der Waals surface area (Å²) in [6, 6.07) is 1.70. The number of carbonyl (C=O) groups excluding carboxylic acids is 1. The average molecular weight is 329 g/mol. The van der Waals surface area contributed by atoms with Crippen LogP contribution in [0, 0.1) is 5.82 Å². The predicted molar refractivity (Wildman–Crippen MR) is 75.9 cm³/mol. The van der Waals surface area contributed by atoms with Crippen LogP contribution in [0.4, 0.5) is 4.39 Å². The van der Waals surface area contributed by atoms with Gasteiger partial charge in [-0.25, -0.2) is 4.39 Å². The molecule has 1 aromatic rings. The minimum absolute atomic E-state index is 0.126. The van der Waals surface area contributed by atoms with E-state index in [0.717, 1.165) is 31.9 Å². The number of hydrogen-bond acceptors (Lipinski definition) is 2. The Morgan fingerprint density at radius 2 is 2.16 bits per heavy atom. The lowest BCUT2D eigenvalue weighted by Gasteiger charge is -2.34. The van der Waals surface area contributed by atoms with Crippen LogP contribution in [0.2, 0.25) is 0 Å². The molecule has 1 aromatic heterocycles. The summed E-state index contributed by atoms with van der Waals surface area (Å²) in [7, 11) is 0. The monoisotopic (exact) mass is 328 g/mol. The highest BCUT2D eigenvalue weighted by molar-refractivity contribution is 9.09. The summed E-state index contributed by atoms with van der Waals surface area (Å²) in [5.74, 6) is -0.755. The lowest BCUT2D eigenvalue weighted by atomic mass is 9.93. The first-order chi connectivity index (χ1) is 9.24. The molecule has 19 heavy (non-hydrogen) atoms. The van der Waals surface area contributed by atoms with Gasteiger partial charge in [0.2, 0.25) is 0 Å². The average Bonchev–Trinajstić information content (AvgIpc) is 2.45. The summed E-state index contributed by atoms with van der Waals surface area (Å²) < 4.78 is 13.7. The molecule has 0 aliphatic heterocycles. The first-order valence-corrected chi connectivity index (χ1v) is 7.82. The molecule has 1 aliphatic carbocycles. The number of pyridine rings is 1. The van der Waals surface area contributed by atoms with Crippen molar-refractivity contribution in [1.29, 1.82) is 0 Å². The maximum Gasteiger partial charge on any atom is 0.257 e. The smallest absolute Gasteiger partial charge is 0.257 e. The maximum atomic E-state index is 13.7. The molecule has 0 saturated heterocycles. The van der Waals surface area contributed by atoms with Gasteiger partial charge in [-0.15, -0.1) is 0 Å². The van der Waals surface area contributed by atoms with E-state index in [0.29, 0.717) is 11.9 Å². The minimum atomic E-state index is -0.539. The van der Waals surface area contributed by atoms with Gasteiger partial charge in [0.05, 0.1) is 11.8 Å². The van der Waals surface area contributed by atoms with Crippen LogP contribution in [0.3, 0.4) is 0 Å². The highest BCUT2D eigenvalue weighted by atomic mass is 79.9. The van der Waals surface area contributed by atoms with Crippen LogP contribution in [0.5, 0.6) is 0 Å². The molecule has 0 spiro atoms. The molecule has 5 heteroatoms. The molecule has 0 aromatic carbocycles. The van der Waals surface area contributed by atoms with Crippen molar-refractivity contribution in [3.05, 3.63) is 29.8 Å². The third kappa shape index (κ3) is 3.53. The second-order valence-electron chi connectivity index (χ2n) is 4.83. The molecule has 1 fully saturated rings. The van der Waals surface area contributed by atoms with Crippen LogP contribution in [0.1, 0.15) is 42.5 Å². The number of nitrogens with zero attached hydrogens (tertiary/aromatic N) is 2. The van der Waals surface area contributed by atoms with Gasteiger partial charge in [-0.2, -0.15) is 0 Å². The second kappa shape index (κ2) is 6.98. The Morgan fingerprint density at radius 3 is 2.79 bits per heavy atom. The van der Waals surface area contributed by atoms with Crippen molar-refractivity contribution in [1.82, 2.24) is 9.88 Å². The fourth-order valence-corrected chi connectivity index (χ4v) is 3.02. The molecule has 104 valence electrons. The molecular formula is C14H18BrFN2O. The van der Waals surface area contributed by atoms with Crippen molar-refractivity contribution in [3.8, 4) is 0 Å². The molecular weight excluding hydrogens is 311 g/mol. The molecule has 0 atom stereocenters. The van der Waals surface area contributed by atoms with E-state index >= 15 is 0 Å². The SMILES string of the molecule is O=C(c1ccncc1F)N(CCBr)C1CCCCC1. The molecule has 1 aliphatic rings. The summed E-state index contributed by atoms with van der Waals surface area (Å²) in [5.41, 5.74) is 0.126. The lowest BCUT2D eigenvalue weighted by Crippen LogP contribution is -2.42. The molecule has 3 nitrogen and oxygen atoms in total. The van der Waals surface area contributed by atoms with Crippen LogP contribution in [-0.2, 0) is 0 Å². The number of halogens is 2. The molecule has 2 rings (SSSR count). The van der Waals surface area contributed by atoms with Crippen LogP contribution in [0.15, 0.2) is 18.5 Å². The highest BCUT2D eigenvalue weighted by Crippen LogP contribution is 2.24. The zero-order valence-corrected chi connectivity index (χ0v) is 12.4. The van der Waals surface area contributed by atoms with Crippen LogP contribution in [0.25, 0.3) is 0 Å². The second-order valence-corrected chi connectivity index (χ2v) is 5.63. The molecule has 0 N–H and O–H groups in total. The first kappa shape index (κ1) is 14.4. The third-order valence-electron chi connectivity index (χ3n) is 3.60. The van der Waals surface area contributed by atoms with Gasteiger partial charge in [0.1, 0.15) is 0 Å². The van der Waals surface area contributed by atoms with Crippen molar-refractivity contribution in [2.75, 3.05) is 11.9 Å². The van der Waals surface area contributed by atoms with Crippen LogP contribution < -0.4 is 0 Å². The summed E-state index contributed by atoms with van der Waals surface area (Å²) in [4.78, 5) is 18.0. The topological polar surface area (TPSA) is 33.2 Å². The van der Waals surface area contributed by atoms with Crippen molar-refractivity contribution in [3.63, 3.8) is 0 Å². The zero-order valence-electron chi connectivity index (χ0n) is 10.8. The van der Waals surface area contributed by atoms with Crippen molar-refractivity contribution in [2.45, 2.75) is 38.1 Å². The number of rotatable bonds is 4. The van der Waals surface area contributed by atoms with Gasteiger partial charge in [0, 0.05) is 24.1 Å². The number of aromatic nitrogens is 1. The largest absolute Gasteiger partial charge is 0.335 e. The van der Waals surface area contributed by atoms with Gasteiger partial charge >= 0.3 is 0 Å². The van der Waals surface area contributed by atoms with Gasteiger partial charge in [-0.1, -0.05) is 35.2 Å². The zero-order chi connectivity index (χ0) is 13.7. The molecule has 1 amide bonds. The predicted octanol–water partition coefficient (Wildman–Crippen LogP) is 3.39. The molecule has 1 heterocycles. The summed E-state index contributed by atoms with van der Waals surface area (Å²) >= 11 is 3.38. The van der Waals surface area contributed by atoms with Gasteiger partial charge < -0.3 is 4.90 Å². The number of alkyl halides is 1. The van der Waals surface area contributed by atoms with Crippen molar-refractivity contribution < 1.29 is 9.18 Å². The Hall–Kier alpha value is -0.970. The Labute approximate surface area is 121 Å². The van der Waals surface area contributed by atoms with Crippen LogP contribution in [-0.4, -0.2) is 33.7 Å². The Balaban J connectivity index is 2.18. The standard InChI is InChI=1S/C14H18BrFN2O/c15-7-9-18(11-4-2-1-3-5-11)14(19)12-6-8-17-10-13(12)16/h6,8,10-11H,1-5,7,9H2. The maximum absolute atomic E-state index is 13.7. The van der Waals surface area contributed by atoms with Gasteiger partial charge in [-0.3, -0.25) is 9.78 Å². The molecule has 0 radical (unpaired) electrons. The van der Waals surface area contributed by atoms with Gasteiger partial charge in [0.15, 0.2) is 5.82 Å². The van der Waals surface area contributed by atoms with E-state index in [1.807, 2.05) is 4.90 Å². The number of hydrogen-bond donors (Lipinski definition) is 0. The summed E-state index contributed by atoms with van der Waals surface area (Å²) in [5, 5.41) is 0.710. The molecule has 0 unspecified atom stereocenters. The van der Waals surface area contributed by atoms with E-state index in [4.69, 9.17) is 0 Å². The normalized spacial score (nSPS) is 16.3. The van der Waals surface area contributed by atoms with E-state index in [1.165, 1.54) is 18.7 Å². The Morgan fingerprint density at radius 1 is 1.42 bits per heavy atom. The van der Waals surface area contributed by atoms with Gasteiger partial charge in [-0.05, 0) is 18.9 Å². The Kier molecular flexibility index (Phi) is 5.31. The van der Waals surface area contributed by atoms with E-state index in [9.17, 15) is 9.18 Å². The van der Waals surface area contributed by atoms with Crippen molar-refractivity contribution in [2.24, 2.45) is 0 Å². The highest BCUT2D eigenvalue weighted by Gasteiger charge is 2.27. The van der Waals surface area contributed by atoms with Gasteiger partial charge in [0.25, 0.3) is 5.91 Å². The van der Waals surface area contributed by atoms with Crippen molar-refractivity contribution >= 4 is 21.8 Å². The molecule has 0 bridgehead atoms. The number of carbonyl (C=O) groups is 1. The lowest BCUT2D eigenvalue weighted by molar-refractivity contribution is 0.0646. The number of amides is 1. The van der Waals surface area contributed by atoms with Crippen LogP contribution >= 0.6 is 15.9 Å². The molecule has 1 saturated carbocycles. The fourth-order valence-electron chi connectivity index (χ4n) is 2.64. The third-order valence-corrected chi connectivity index (χ3v) is 3.96. The van der Waals surface area contributed by atoms with E-state index in [1.54, 1.807) is 0 Å². The Bertz CT molecular complexity index is 435. The van der Waals surface area contributed by atoms with E-state index in [2.05, 4.69) is 20.9 Å². The fraction of sp³-hybridized carbons (Fsp3) is 0.571. The quantitative estimate of drug-likeness (QED) is 0.794. The summed E-state index contributed by atoms with van der Waals surface area (Å²) in [6.45, 7) is 0.616.